The summed E-state index contributed by atoms with van der Waals surface area (Å²) >= 11 is 6.17. The van der Waals surface area contributed by atoms with Gasteiger partial charge in [-0.25, -0.2) is 5.01 Å². The topological polar surface area (TPSA) is 83.0 Å². The van der Waals surface area contributed by atoms with Crippen molar-refractivity contribution in [1.82, 2.24) is 10.3 Å². The Bertz CT molecular complexity index is 946. The number of halogens is 1. The number of nitrogens with one attached hydrogen (secondary N) is 2. The zero-order valence-corrected chi connectivity index (χ0v) is 18.5. The molecule has 1 aliphatic heterocycles. The van der Waals surface area contributed by atoms with Crippen LogP contribution in [-0.2, 0) is 9.59 Å². The molecule has 3 aliphatic rings. The first-order chi connectivity index (χ1) is 14.9. The number of hydrazone groups is 1. The van der Waals surface area contributed by atoms with Gasteiger partial charge in [0.05, 0.1) is 16.4 Å². The summed E-state index contributed by atoms with van der Waals surface area (Å²) in [4.78, 5) is 21.5. The molecule has 0 aromatic heterocycles. The maximum Gasteiger partial charge on any atom is 0.237 e. The van der Waals surface area contributed by atoms with E-state index in [-0.39, 0.29) is 11.8 Å². The Morgan fingerprint density at radius 3 is 2.61 bits per heavy atom. The van der Waals surface area contributed by atoms with Gasteiger partial charge in [0.2, 0.25) is 11.8 Å². The third kappa shape index (κ3) is 7.00. The van der Waals surface area contributed by atoms with Crippen molar-refractivity contribution >= 4 is 35.4 Å². The monoisotopic (exact) mass is 442 g/mol. The Kier molecular flexibility index (Phi) is 7.52. The van der Waals surface area contributed by atoms with Gasteiger partial charge < -0.3 is 20.2 Å². The van der Waals surface area contributed by atoms with E-state index in [0.29, 0.717) is 28.3 Å². The normalized spacial score (nSPS) is 17.9. The minimum absolute atomic E-state index is 0.00546. The lowest BCUT2D eigenvalue weighted by molar-refractivity contribution is -0.117. The minimum Gasteiger partial charge on any atom is -0.438 e. The molecule has 2 aliphatic carbocycles. The van der Waals surface area contributed by atoms with E-state index in [1.165, 1.54) is 0 Å². The van der Waals surface area contributed by atoms with Gasteiger partial charge in [0.25, 0.3) is 0 Å². The minimum atomic E-state index is -0.00546. The number of carbonyl (C=O) groups excluding carboxylic acids is 2. The fourth-order valence-electron chi connectivity index (χ4n) is 2.46. The fraction of sp³-hybridized carbons (Fsp3) is 0.348. The lowest BCUT2D eigenvalue weighted by Gasteiger charge is -2.20. The number of allylic oxidation sites excluding steroid dienone is 2. The van der Waals surface area contributed by atoms with Crippen molar-refractivity contribution in [3.05, 3.63) is 59.5 Å². The third-order valence-electron chi connectivity index (χ3n) is 4.81. The van der Waals surface area contributed by atoms with E-state index in [1.54, 1.807) is 29.3 Å². The maximum atomic E-state index is 12.0. The van der Waals surface area contributed by atoms with Gasteiger partial charge in [-0.1, -0.05) is 18.2 Å². The van der Waals surface area contributed by atoms with Crippen molar-refractivity contribution in [2.24, 2.45) is 16.9 Å². The first-order valence-electron chi connectivity index (χ1n) is 10.2. The highest BCUT2D eigenvalue weighted by Gasteiger charge is 2.30. The van der Waals surface area contributed by atoms with Crippen LogP contribution in [0.3, 0.4) is 0 Å². The largest absolute Gasteiger partial charge is 0.438 e. The van der Waals surface area contributed by atoms with Crippen LogP contribution < -0.4 is 15.4 Å². The summed E-state index contributed by atoms with van der Waals surface area (Å²) in [7, 11) is 1.83. The lowest BCUT2D eigenvalue weighted by atomic mass is 10.2. The summed E-state index contributed by atoms with van der Waals surface area (Å²) in [5.41, 5.74) is 2.19. The van der Waals surface area contributed by atoms with E-state index in [0.717, 1.165) is 43.4 Å². The number of anilines is 1. The van der Waals surface area contributed by atoms with Crippen molar-refractivity contribution in [1.29, 1.82) is 0 Å². The first-order valence-corrected chi connectivity index (χ1v) is 10.6. The number of hydrogen-bond acceptors (Lipinski definition) is 6. The highest BCUT2D eigenvalue weighted by atomic mass is 35.5. The highest BCUT2D eigenvalue weighted by Crippen LogP contribution is 2.33. The van der Waals surface area contributed by atoms with Crippen LogP contribution in [0.25, 0.3) is 0 Å². The van der Waals surface area contributed by atoms with Gasteiger partial charge in [-0.05, 0) is 50.8 Å². The molecule has 0 saturated heterocycles. The SMILES string of the molecule is C=C1C=CC(Oc2ccc(Cl)c(NC(=O)C3CC3)c2)=NN1/C=C(\C)NC.O=CC1CC1. The molecule has 1 amide bonds. The Hall–Kier alpha value is -3.06. The molecule has 31 heavy (non-hydrogen) atoms. The molecule has 8 heteroatoms. The number of benzene rings is 1. The van der Waals surface area contributed by atoms with Gasteiger partial charge in [0, 0.05) is 42.9 Å². The van der Waals surface area contributed by atoms with Crippen molar-refractivity contribution in [3.63, 3.8) is 0 Å². The van der Waals surface area contributed by atoms with Gasteiger partial charge in [-0.3, -0.25) is 4.79 Å². The lowest BCUT2D eigenvalue weighted by Crippen LogP contribution is -2.20. The Labute approximate surface area is 187 Å². The molecule has 1 heterocycles. The molecule has 7 nitrogen and oxygen atoms in total. The first kappa shape index (κ1) is 22.6. The van der Waals surface area contributed by atoms with Crippen molar-refractivity contribution in [2.45, 2.75) is 32.6 Å². The van der Waals surface area contributed by atoms with E-state index < -0.39 is 0 Å². The average Bonchev–Trinajstić information content (AvgIpc) is 3.65. The Balaban J connectivity index is 0.000000478. The molecule has 0 bridgehead atoms. The molecule has 1 aromatic carbocycles. The summed E-state index contributed by atoms with van der Waals surface area (Å²) in [5, 5.41) is 12.4. The predicted octanol–water partition coefficient (Wildman–Crippen LogP) is 4.44. The van der Waals surface area contributed by atoms with Crippen molar-refractivity contribution < 1.29 is 14.3 Å². The van der Waals surface area contributed by atoms with Gasteiger partial charge in [-0.2, -0.15) is 0 Å². The third-order valence-corrected chi connectivity index (χ3v) is 5.14. The van der Waals surface area contributed by atoms with E-state index in [1.807, 2.05) is 26.2 Å². The molecule has 4 rings (SSSR count). The van der Waals surface area contributed by atoms with Crippen LogP contribution in [0.15, 0.2) is 59.6 Å². The number of ether oxygens (including phenoxy) is 1. The second-order valence-corrected chi connectivity index (χ2v) is 8.06. The van der Waals surface area contributed by atoms with Crippen LogP contribution in [-0.4, -0.2) is 30.1 Å². The molecule has 0 atom stereocenters. The zero-order chi connectivity index (χ0) is 22.4. The molecular formula is C23H27ClN4O3. The van der Waals surface area contributed by atoms with Gasteiger partial charge in [0.1, 0.15) is 12.0 Å². The fourth-order valence-corrected chi connectivity index (χ4v) is 2.62. The van der Waals surface area contributed by atoms with Gasteiger partial charge >= 0.3 is 0 Å². The number of aldehydes is 1. The molecule has 2 fully saturated rings. The van der Waals surface area contributed by atoms with E-state index >= 15 is 0 Å². The molecule has 2 N–H and O–H groups in total. The zero-order valence-electron chi connectivity index (χ0n) is 17.7. The standard InChI is InChI=1S/C19H21ClN4O2.C4H6O/c1-12(21-3)11-24-13(2)4-9-18(23-24)26-15-7-8-16(20)17(10-15)22-19(25)14-5-6-14;5-3-4-1-2-4/h4,7-11,14,21H,2,5-6H2,1,3H3,(H,22,25);3-4H,1-2H2/b12-11+;. The van der Waals surface area contributed by atoms with E-state index in [9.17, 15) is 9.59 Å². The second-order valence-electron chi connectivity index (χ2n) is 7.65. The molecular weight excluding hydrogens is 416 g/mol. The molecule has 2 saturated carbocycles. The Morgan fingerprint density at radius 2 is 2.03 bits per heavy atom. The molecule has 0 spiro atoms. The van der Waals surface area contributed by atoms with Crippen LogP contribution in [0, 0.1) is 11.8 Å². The van der Waals surface area contributed by atoms with Crippen molar-refractivity contribution in [2.75, 3.05) is 12.4 Å². The quantitative estimate of drug-likeness (QED) is 0.636. The Morgan fingerprint density at radius 1 is 1.29 bits per heavy atom. The maximum absolute atomic E-state index is 12.0. The van der Waals surface area contributed by atoms with E-state index in [4.69, 9.17) is 16.3 Å². The molecule has 0 unspecified atom stereocenters. The molecule has 1 aromatic rings. The van der Waals surface area contributed by atoms with Crippen LogP contribution in [0.2, 0.25) is 5.02 Å². The second kappa shape index (κ2) is 10.3. The summed E-state index contributed by atoms with van der Waals surface area (Å²) in [6.45, 7) is 5.87. The number of nitrogens with zero attached hydrogens (tertiary/aromatic N) is 2. The van der Waals surface area contributed by atoms with Gasteiger partial charge in [0.15, 0.2) is 0 Å². The summed E-state index contributed by atoms with van der Waals surface area (Å²) in [6.07, 6.45) is 10.5. The molecule has 0 radical (unpaired) electrons. The average molecular weight is 443 g/mol. The number of hydrogen-bond donors (Lipinski definition) is 2. The van der Waals surface area contributed by atoms with Crippen LogP contribution in [0.1, 0.15) is 32.6 Å². The van der Waals surface area contributed by atoms with Crippen LogP contribution in [0.4, 0.5) is 5.69 Å². The van der Waals surface area contributed by atoms with Crippen molar-refractivity contribution in [3.8, 4) is 5.75 Å². The summed E-state index contributed by atoms with van der Waals surface area (Å²) < 4.78 is 5.82. The van der Waals surface area contributed by atoms with Crippen LogP contribution >= 0.6 is 11.6 Å². The summed E-state index contributed by atoms with van der Waals surface area (Å²) in [5.74, 6) is 1.48. The van der Waals surface area contributed by atoms with Gasteiger partial charge in [-0.15, -0.1) is 5.10 Å². The summed E-state index contributed by atoms with van der Waals surface area (Å²) in [6, 6.07) is 5.11. The number of carbonyl (C=O) groups is 2. The smallest absolute Gasteiger partial charge is 0.237 e. The molecule has 164 valence electrons. The highest BCUT2D eigenvalue weighted by molar-refractivity contribution is 6.33. The van der Waals surface area contributed by atoms with E-state index in [2.05, 4.69) is 22.3 Å². The number of rotatable bonds is 6. The van der Waals surface area contributed by atoms with Crippen LogP contribution in [0.5, 0.6) is 5.75 Å². The predicted molar refractivity (Wildman–Crippen MR) is 123 cm³/mol. The number of amides is 1.